The number of nitrogens with zero attached hydrogens (tertiary/aromatic N) is 2. The summed E-state index contributed by atoms with van der Waals surface area (Å²) in [7, 11) is 0. The molecule has 0 radical (unpaired) electrons. The van der Waals surface area contributed by atoms with Crippen LogP contribution in [0.2, 0.25) is 5.15 Å². The molecule has 2 rings (SSSR count). The van der Waals surface area contributed by atoms with Crippen LogP contribution in [0.4, 0.5) is 17.6 Å². The van der Waals surface area contributed by atoms with Gasteiger partial charge in [-0.05, 0) is 12.1 Å². The molecule has 0 fully saturated rings. The zero-order valence-corrected chi connectivity index (χ0v) is 10.8. The molecule has 0 aliphatic rings. The third-order valence-corrected chi connectivity index (χ3v) is 2.66. The Morgan fingerprint density at radius 3 is 2.52 bits per heavy atom. The first kappa shape index (κ1) is 15.1. The molecule has 0 saturated heterocycles. The van der Waals surface area contributed by atoms with Crippen molar-refractivity contribution in [1.29, 1.82) is 5.26 Å². The summed E-state index contributed by atoms with van der Waals surface area (Å²) in [5.74, 6) is -1.16. The molecule has 21 heavy (non-hydrogen) atoms. The highest BCUT2D eigenvalue weighted by Crippen LogP contribution is 2.37. The third kappa shape index (κ3) is 3.41. The van der Waals surface area contributed by atoms with E-state index < -0.39 is 34.2 Å². The molecular formula is C13H5ClF4N2O. The van der Waals surface area contributed by atoms with Crippen molar-refractivity contribution in [2.24, 2.45) is 0 Å². The highest BCUT2D eigenvalue weighted by Gasteiger charge is 2.36. The molecule has 0 saturated carbocycles. The van der Waals surface area contributed by atoms with Gasteiger partial charge in [-0.3, -0.25) is 0 Å². The molecule has 8 heteroatoms. The fraction of sp³-hybridized carbons (Fsp3) is 0.0769. The highest BCUT2D eigenvalue weighted by molar-refractivity contribution is 6.30. The van der Waals surface area contributed by atoms with Crippen LogP contribution in [0.5, 0.6) is 11.6 Å². The zero-order chi connectivity index (χ0) is 15.6. The maximum absolute atomic E-state index is 13.0. The van der Waals surface area contributed by atoms with Crippen LogP contribution in [0.3, 0.4) is 0 Å². The molecule has 3 nitrogen and oxygen atoms in total. The van der Waals surface area contributed by atoms with E-state index in [-0.39, 0.29) is 5.75 Å². The first-order valence-corrected chi connectivity index (χ1v) is 5.80. The Hall–Kier alpha value is -2.33. The maximum atomic E-state index is 13.0. The van der Waals surface area contributed by atoms with E-state index >= 15 is 0 Å². The maximum Gasteiger partial charge on any atom is 0.417 e. The molecule has 1 aromatic heterocycles. The Morgan fingerprint density at radius 2 is 1.95 bits per heavy atom. The lowest BCUT2D eigenvalue weighted by molar-refractivity contribution is -0.137. The predicted octanol–water partition coefficient (Wildman–Crippen LogP) is 4.56. The number of nitriles is 1. The molecule has 0 atom stereocenters. The summed E-state index contributed by atoms with van der Waals surface area (Å²) in [6.07, 6.45) is -4.79. The van der Waals surface area contributed by atoms with Crippen molar-refractivity contribution >= 4 is 11.6 Å². The number of pyridine rings is 1. The largest absolute Gasteiger partial charge is 0.439 e. The van der Waals surface area contributed by atoms with E-state index in [2.05, 4.69) is 4.98 Å². The van der Waals surface area contributed by atoms with Crippen LogP contribution in [0, 0.1) is 17.1 Å². The fourth-order valence-electron chi connectivity index (χ4n) is 1.53. The average molecular weight is 317 g/mol. The molecule has 1 heterocycles. The summed E-state index contributed by atoms with van der Waals surface area (Å²) in [5.41, 5.74) is -2.06. The Morgan fingerprint density at radius 1 is 1.24 bits per heavy atom. The van der Waals surface area contributed by atoms with Crippen LogP contribution in [-0.2, 0) is 6.18 Å². The van der Waals surface area contributed by atoms with Crippen LogP contribution in [0.15, 0.2) is 30.3 Å². The lowest BCUT2D eigenvalue weighted by atomic mass is 10.1. The molecule has 1 aromatic carbocycles. The molecule has 0 amide bonds. The third-order valence-electron chi connectivity index (χ3n) is 2.39. The molecule has 0 unspecified atom stereocenters. The number of aromatic nitrogens is 1. The van der Waals surface area contributed by atoms with Crippen LogP contribution in [0.1, 0.15) is 11.1 Å². The first-order chi connectivity index (χ1) is 9.81. The van der Waals surface area contributed by atoms with Crippen LogP contribution >= 0.6 is 11.6 Å². The van der Waals surface area contributed by atoms with Crippen molar-refractivity contribution in [2.75, 3.05) is 0 Å². The van der Waals surface area contributed by atoms with Gasteiger partial charge in [0.2, 0.25) is 5.88 Å². The van der Waals surface area contributed by atoms with Gasteiger partial charge in [-0.25, -0.2) is 4.39 Å². The fourth-order valence-corrected chi connectivity index (χ4v) is 1.75. The first-order valence-electron chi connectivity index (χ1n) is 5.42. The van der Waals surface area contributed by atoms with Crippen molar-refractivity contribution < 1.29 is 22.3 Å². The smallest absolute Gasteiger partial charge is 0.417 e. The Bertz CT molecular complexity index is 725. The molecule has 2 aromatic rings. The predicted molar refractivity (Wildman–Crippen MR) is 65.4 cm³/mol. The average Bonchev–Trinajstić information content (AvgIpc) is 2.37. The summed E-state index contributed by atoms with van der Waals surface area (Å²) in [5, 5.41) is 8.07. The number of ether oxygens (including phenoxy) is 1. The van der Waals surface area contributed by atoms with E-state index in [1.165, 1.54) is 18.2 Å². The van der Waals surface area contributed by atoms with Gasteiger partial charge >= 0.3 is 6.18 Å². The van der Waals surface area contributed by atoms with Gasteiger partial charge in [0, 0.05) is 12.1 Å². The molecule has 0 aliphatic carbocycles. The van der Waals surface area contributed by atoms with Crippen LogP contribution < -0.4 is 4.74 Å². The second-order valence-electron chi connectivity index (χ2n) is 3.84. The Balaban J connectivity index is 2.47. The van der Waals surface area contributed by atoms with Crippen molar-refractivity contribution in [1.82, 2.24) is 4.98 Å². The van der Waals surface area contributed by atoms with Crippen molar-refractivity contribution in [3.63, 3.8) is 0 Å². The summed E-state index contributed by atoms with van der Waals surface area (Å²) in [4.78, 5) is 3.54. The van der Waals surface area contributed by atoms with E-state index in [1.54, 1.807) is 0 Å². The Labute approximate surface area is 121 Å². The quantitative estimate of drug-likeness (QED) is 0.603. The molecule has 0 N–H and O–H groups in total. The number of hydrogen-bond acceptors (Lipinski definition) is 3. The van der Waals surface area contributed by atoms with E-state index in [4.69, 9.17) is 21.6 Å². The van der Waals surface area contributed by atoms with Crippen LogP contribution in [-0.4, -0.2) is 4.98 Å². The van der Waals surface area contributed by atoms with Gasteiger partial charge < -0.3 is 4.74 Å². The number of rotatable bonds is 2. The number of benzene rings is 1. The van der Waals surface area contributed by atoms with E-state index in [0.717, 1.165) is 12.1 Å². The molecular weight excluding hydrogens is 312 g/mol. The monoisotopic (exact) mass is 316 g/mol. The standard InChI is InChI=1S/C13H5ClF4N2O/c14-12-9(6-19)10(13(16,17)18)5-11(20-12)21-8-3-1-2-7(15)4-8/h1-5H. The summed E-state index contributed by atoms with van der Waals surface area (Å²) in [6, 6.07) is 6.65. The lowest BCUT2D eigenvalue weighted by Gasteiger charge is -2.12. The summed E-state index contributed by atoms with van der Waals surface area (Å²) < 4.78 is 56.6. The summed E-state index contributed by atoms with van der Waals surface area (Å²) >= 11 is 5.55. The van der Waals surface area contributed by atoms with Crippen molar-refractivity contribution in [2.45, 2.75) is 6.18 Å². The minimum Gasteiger partial charge on any atom is -0.439 e. The number of hydrogen-bond donors (Lipinski definition) is 0. The van der Waals surface area contributed by atoms with Gasteiger partial charge in [-0.15, -0.1) is 0 Å². The topological polar surface area (TPSA) is 45.9 Å². The van der Waals surface area contributed by atoms with Gasteiger partial charge in [-0.1, -0.05) is 17.7 Å². The second kappa shape index (κ2) is 5.58. The van der Waals surface area contributed by atoms with Crippen LogP contribution in [0.25, 0.3) is 0 Å². The number of alkyl halides is 3. The highest BCUT2D eigenvalue weighted by atomic mass is 35.5. The van der Waals surface area contributed by atoms with Gasteiger partial charge in [0.25, 0.3) is 0 Å². The molecule has 108 valence electrons. The number of halogens is 5. The minimum absolute atomic E-state index is 0.0450. The molecule has 0 aliphatic heterocycles. The second-order valence-corrected chi connectivity index (χ2v) is 4.20. The van der Waals surface area contributed by atoms with Crippen molar-refractivity contribution in [3.05, 3.63) is 52.4 Å². The van der Waals surface area contributed by atoms with Gasteiger partial charge in [0.05, 0.1) is 5.56 Å². The Kier molecular flexibility index (Phi) is 4.00. The van der Waals surface area contributed by atoms with Gasteiger partial charge in [0.1, 0.15) is 23.2 Å². The van der Waals surface area contributed by atoms with Gasteiger partial charge in [-0.2, -0.15) is 23.4 Å². The van der Waals surface area contributed by atoms with Gasteiger partial charge in [0.15, 0.2) is 5.15 Å². The van der Waals surface area contributed by atoms with E-state index in [9.17, 15) is 17.6 Å². The minimum atomic E-state index is -4.79. The zero-order valence-electron chi connectivity index (χ0n) is 10.1. The molecule has 0 spiro atoms. The van der Waals surface area contributed by atoms with Crippen molar-refractivity contribution in [3.8, 4) is 17.7 Å². The lowest BCUT2D eigenvalue weighted by Crippen LogP contribution is -2.09. The molecule has 0 bridgehead atoms. The summed E-state index contributed by atoms with van der Waals surface area (Å²) in [6.45, 7) is 0. The van der Waals surface area contributed by atoms with E-state index in [1.807, 2.05) is 0 Å². The van der Waals surface area contributed by atoms with E-state index in [0.29, 0.717) is 6.07 Å². The SMILES string of the molecule is N#Cc1c(C(F)(F)F)cc(Oc2cccc(F)c2)nc1Cl. The normalized spacial score (nSPS) is 11.0.